The highest BCUT2D eigenvalue weighted by atomic mass is 35.5. The van der Waals surface area contributed by atoms with Crippen LogP contribution in [0.5, 0.6) is 5.75 Å². The van der Waals surface area contributed by atoms with Gasteiger partial charge in [0.25, 0.3) is 5.91 Å². The number of methoxy groups -OCH3 is 1. The van der Waals surface area contributed by atoms with Gasteiger partial charge in [0.15, 0.2) is 0 Å². The van der Waals surface area contributed by atoms with E-state index in [1.165, 1.54) is 35.7 Å². The van der Waals surface area contributed by atoms with Gasteiger partial charge in [0.2, 0.25) is 10.0 Å². The number of anilines is 1. The molecule has 0 radical (unpaired) electrons. The van der Waals surface area contributed by atoms with Crippen LogP contribution in [-0.4, -0.2) is 63.9 Å². The third-order valence-electron chi connectivity index (χ3n) is 4.69. The Morgan fingerprint density at radius 2 is 1.83 bits per heavy atom. The first-order valence-corrected chi connectivity index (χ1v) is 10.7. The quantitative estimate of drug-likeness (QED) is 0.771. The molecule has 1 aliphatic rings. The van der Waals surface area contributed by atoms with Crippen molar-refractivity contribution in [3.05, 3.63) is 52.8 Å². The van der Waals surface area contributed by atoms with Gasteiger partial charge in [-0.2, -0.15) is 4.31 Å². The number of carbonyl (C=O) groups excluding carboxylic acids is 1. The Labute approximate surface area is 174 Å². The van der Waals surface area contributed by atoms with Gasteiger partial charge in [0.05, 0.1) is 28.3 Å². The molecule has 0 aliphatic carbocycles. The fraction of sp³-hybridized carbons (Fsp3) is 0.316. The molecule has 0 saturated carbocycles. The number of amides is 1. The lowest BCUT2D eigenvalue weighted by Crippen LogP contribution is -2.47. The minimum Gasteiger partial charge on any atom is -0.495 e. The van der Waals surface area contributed by atoms with E-state index >= 15 is 0 Å². The highest BCUT2D eigenvalue weighted by Crippen LogP contribution is 2.30. The Morgan fingerprint density at radius 3 is 2.45 bits per heavy atom. The summed E-state index contributed by atoms with van der Waals surface area (Å²) in [6, 6.07) is 7.66. The molecule has 1 N–H and O–H groups in total. The Hall–Kier alpha value is -2.20. The maximum absolute atomic E-state index is 13.2. The number of hydrogen-bond donors (Lipinski definition) is 1. The molecule has 0 atom stereocenters. The molecule has 0 spiro atoms. The molecular weight excluding hydrogens is 421 g/mol. The summed E-state index contributed by atoms with van der Waals surface area (Å²) in [6.07, 6.45) is 0. The van der Waals surface area contributed by atoms with Gasteiger partial charge in [-0.3, -0.25) is 4.79 Å². The Bertz CT molecular complexity index is 1020. The number of nitrogens with zero attached hydrogens (tertiary/aromatic N) is 2. The zero-order valence-electron chi connectivity index (χ0n) is 16.0. The second kappa shape index (κ2) is 8.66. The molecule has 0 bridgehead atoms. The van der Waals surface area contributed by atoms with E-state index in [2.05, 4.69) is 10.2 Å². The maximum atomic E-state index is 13.2. The molecule has 1 amide bonds. The van der Waals surface area contributed by atoms with Gasteiger partial charge in [-0.05, 0) is 43.4 Å². The van der Waals surface area contributed by atoms with Crippen molar-refractivity contribution in [2.45, 2.75) is 4.90 Å². The lowest BCUT2D eigenvalue weighted by molar-refractivity contribution is 0.102. The SMILES string of the molecule is COc1ccc(S(=O)(=O)N2CCN(C)CC2)cc1NC(=O)c1ccc(F)cc1Cl. The van der Waals surface area contributed by atoms with Crippen molar-refractivity contribution in [1.29, 1.82) is 0 Å². The number of rotatable bonds is 5. The molecule has 29 heavy (non-hydrogen) atoms. The summed E-state index contributed by atoms with van der Waals surface area (Å²) in [5.41, 5.74) is 0.232. The van der Waals surface area contributed by atoms with Gasteiger partial charge in [-0.15, -0.1) is 0 Å². The highest BCUT2D eigenvalue weighted by molar-refractivity contribution is 7.89. The number of benzene rings is 2. The third-order valence-corrected chi connectivity index (χ3v) is 6.90. The lowest BCUT2D eigenvalue weighted by Gasteiger charge is -2.31. The van der Waals surface area contributed by atoms with Crippen LogP contribution in [0.1, 0.15) is 10.4 Å². The summed E-state index contributed by atoms with van der Waals surface area (Å²) in [5, 5.41) is 2.55. The van der Waals surface area contributed by atoms with Gasteiger partial charge >= 0.3 is 0 Å². The van der Waals surface area contributed by atoms with Crippen molar-refractivity contribution in [2.75, 3.05) is 45.7 Å². The molecule has 3 rings (SSSR count). The number of nitrogens with one attached hydrogen (secondary N) is 1. The molecular formula is C19H21ClFN3O4S. The standard InChI is InChI=1S/C19H21ClFN3O4S/c1-23-7-9-24(10-8-23)29(26,27)14-4-6-18(28-2)17(12-14)22-19(25)15-5-3-13(21)11-16(15)20/h3-6,11-12H,7-10H2,1-2H3,(H,22,25). The first kappa shape index (κ1) is 21.5. The van der Waals surface area contributed by atoms with Crippen LogP contribution in [0.15, 0.2) is 41.3 Å². The van der Waals surface area contributed by atoms with Crippen LogP contribution in [0, 0.1) is 5.82 Å². The average molecular weight is 442 g/mol. The summed E-state index contributed by atoms with van der Waals surface area (Å²) in [4.78, 5) is 14.7. The van der Waals surface area contributed by atoms with Crippen molar-refractivity contribution in [1.82, 2.24) is 9.21 Å². The van der Waals surface area contributed by atoms with Crippen LogP contribution < -0.4 is 10.1 Å². The van der Waals surface area contributed by atoms with E-state index in [9.17, 15) is 17.6 Å². The molecule has 2 aromatic rings. The minimum absolute atomic E-state index is 0.0448. The Balaban J connectivity index is 1.90. The number of hydrogen-bond acceptors (Lipinski definition) is 5. The van der Waals surface area contributed by atoms with E-state index in [4.69, 9.17) is 16.3 Å². The van der Waals surface area contributed by atoms with Crippen molar-refractivity contribution in [2.24, 2.45) is 0 Å². The van der Waals surface area contributed by atoms with Crippen molar-refractivity contribution >= 4 is 33.2 Å². The molecule has 1 heterocycles. The van der Waals surface area contributed by atoms with Crippen LogP contribution in [0.25, 0.3) is 0 Å². The Kier molecular flexibility index (Phi) is 6.42. The topological polar surface area (TPSA) is 79.0 Å². The van der Waals surface area contributed by atoms with Gasteiger partial charge in [0.1, 0.15) is 11.6 Å². The van der Waals surface area contributed by atoms with E-state index in [1.807, 2.05) is 7.05 Å². The highest BCUT2D eigenvalue weighted by Gasteiger charge is 2.28. The predicted molar refractivity (Wildman–Crippen MR) is 109 cm³/mol. The number of sulfonamides is 1. The fourth-order valence-corrected chi connectivity index (χ4v) is 4.69. The number of carbonyl (C=O) groups is 1. The van der Waals surface area contributed by atoms with Crippen LogP contribution in [0.2, 0.25) is 5.02 Å². The summed E-state index contributed by atoms with van der Waals surface area (Å²) < 4.78 is 45.8. The average Bonchev–Trinajstić information content (AvgIpc) is 2.68. The van der Waals surface area contributed by atoms with E-state index < -0.39 is 21.7 Å². The predicted octanol–water partition coefficient (Wildman–Crippen LogP) is 2.68. The molecule has 1 fully saturated rings. The van der Waals surface area contributed by atoms with Crippen molar-refractivity contribution in [3.8, 4) is 5.75 Å². The number of likely N-dealkylation sites (N-methyl/N-ethyl adjacent to an activating group) is 1. The van der Waals surface area contributed by atoms with Gasteiger partial charge in [-0.25, -0.2) is 12.8 Å². The fourth-order valence-electron chi connectivity index (χ4n) is 2.99. The van der Waals surface area contributed by atoms with Crippen LogP contribution in [-0.2, 0) is 10.0 Å². The third kappa shape index (κ3) is 4.69. The summed E-state index contributed by atoms with van der Waals surface area (Å²) in [7, 11) is -0.380. The summed E-state index contributed by atoms with van der Waals surface area (Å²) in [6.45, 7) is 2.06. The first-order chi connectivity index (χ1) is 13.7. The zero-order chi connectivity index (χ0) is 21.2. The molecule has 1 aliphatic heterocycles. The van der Waals surface area contributed by atoms with E-state index in [1.54, 1.807) is 0 Å². The van der Waals surface area contributed by atoms with Gasteiger partial charge in [-0.1, -0.05) is 11.6 Å². The lowest BCUT2D eigenvalue weighted by atomic mass is 10.2. The zero-order valence-corrected chi connectivity index (χ0v) is 17.6. The second-order valence-electron chi connectivity index (χ2n) is 6.65. The van der Waals surface area contributed by atoms with Crippen LogP contribution >= 0.6 is 11.6 Å². The first-order valence-electron chi connectivity index (χ1n) is 8.85. The van der Waals surface area contributed by atoms with Gasteiger partial charge < -0.3 is 15.0 Å². The molecule has 2 aromatic carbocycles. The molecule has 156 valence electrons. The summed E-state index contributed by atoms with van der Waals surface area (Å²) in [5.74, 6) is -0.888. The number of halogens is 2. The Morgan fingerprint density at radius 1 is 1.14 bits per heavy atom. The molecule has 10 heteroatoms. The smallest absolute Gasteiger partial charge is 0.257 e. The van der Waals surface area contributed by atoms with E-state index in [0.29, 0.717) is 26.2 Å². The van der Waals surface area contributed by atoms with Gasteiger partial charge in [0, 0.05) is 26.2 Å². The number of ether oxygens (including phenoxy) is 1. The van der Waals surface area contributed by atoms with Crippen LogP contribution in [0.4, 0.5) is 10.1 Å². The summed E-state index contributed by atoms with van der Waals surface area (Å²) >= 11 is 5.94. The van der Waals surface area contributed by atoms with Crippen molar-refractivity contribution in [3.63, 3.8) is 0 Å². The monoisotopic (exact) mass is 441 g/mol. The maximum Gasteiger partial charge on any atom is 0.257 e. The molecule has 0 aromatic heterocycles. The van der Waals surface area contributed by atoms with E-state index in [0.717, 1.165) is 12.1 Å². The largest absolute Gasteiger partial charge is 0.495 e. The van der Waals surface area contributed by atoms with Crippen molar-refractivity contribution < 1.29 is 22.3 Å². The molecule has 0 unspecified atom stereocenters. The van der Waals surface area contributed by atoms with E-state index in [-0.39, 0.29) is 26.9 Å². The minimum atomic E-state index is -3.72. The molecule has 1 saturated heterocycles. The number of piperazine rings is 1. The molecule has 7 nitrogen and oxygen atoms in total. The second-order valence-corrected chi connectivity index (χ2v) is 8.99. The van der Waals surface area contributed by atoms with Crippen LogP contribution in [0.3, 0.4) is 0 Å². The normalized spacial score (nSPS) is 15.9.